The molecule has 8 aromatic rings. The van der Waals surface area contributed by atoms with Gasteiger partial charge in [0.2, 0.25) is 11.9 Å². The van der Waals surface area contributed by atoms with Gasteiger partial charge < -0.3 is 80.7 Å². The van der Waals surface area contributed by atoms with Gasteiger partial charge in [-0.15, -0.1) is 0 Å². The summed E-state index contributed by atoms with van der Waals surface area (Å²) in [7, 11) is 0. The van der Waals surface area contributed by atoms with Gasteiger partial charge in [-0.25, -0.2) is 9.97 Å². The Labute approximate surface area is 543 Å². The SMILES string of the molecule is CCNC(=O)[C@@H]1O[C@H](n2cnc3c(NCC(c4ccccc4)c4ccccc4)nc(NC4CCC(O)C4O)nc32)[C@@H](O)[C@H]1O.CCNC(=O)[C@H]1O[C@@H](n2cnc3c(NCC(c4ccccc4)c4ccccc4)nc(NC4CC[C@@H]5OC(C)(C)O[C@H]45)nc32)[C@@H]2OC(C)(C)O[C@@H]21. The Kier molecular flexibility index (Phi) is 18.7. The molecule has 14 rings (SSSR count). The highest BCUT2D eigenvalue weighted by molar-refractivity contribution is 5.86. The van der Waals surface area contributed by atoms with E-state index in [-0.39, 0.29) is 47.6 Å². The zero-order valence-corrected chi connectivity index (χ0v) is 53.2. The van der Waals surface area contributed by atoms with E-state index in [2.05, 4.69) is 115 Å². The molecule has 6 fully saturated rings. The van der Waals surface area contributed by atoms with Crippen molar-refractivity contribution in [3.63, 3.8) is 0 Å². The van der Waals surface area contributed by atoms with Gasteiger partial charge in [0.05, 0.1) is 43.1 Å². The third kappa shape index (κ3) is 13.3. The Bertz CT molecular complexity index is 3830. The van der Waals surface area contributed by atoms with Crippen LogP contribution in [-0.2, 0) is 38.0 Å². The molecule has 496 valence electrons. The number of carbonyl (C=O) groups is 2. The maximum atomic E-state index is 13.1. The summed E-state index contributed by atoms with van der Waals surface area (Å²) in [5.41, 5.74) is 6.35. The highest BCUT2D eigenvalue weighted by Gasteiger charge is 2.59. The van der Waals surface area contributed by atoms with Crippen molar-refractivity contribution >= 4 is 57.7 Å². The number of fused-ring (bicyclic) bond motifs is 4. The molecular weight excluding hydrogens is 1200 g/mol. The van der Waals surface area contributed by atoms with Gasteiger partial charge in [-0.05, 0) is 89.5 Å². The first-order valence-electron chi connectivity index (χ1n) is 32.4. The quantitative estimate of drug-likeness (QED) is 0.0428. The predicted octanol–water partition coefficient (Wildman–Crippen LogP) is 5.84. The maximum Gasteiger partial charge on any atom is 0.252 e. The summed E-state index contributed by atoms with van der Waals surface area (Å²) in [6.07, 6.45) is -4.30. The lowest BCUT2D eigenvalue weighted by Crippen LogP contribution is -2.42. The number of hydrogen-bond acceptors (Lipinski definition) is 22. The van der Waals surface area contributed by atoms with E-state index in [0.717, 1.165) is 24.0 Å². The topological polar surface area (TPSA) is 330 Å². The van der Waals surface area contributed by atoms with Gasteiger partial charge in [0.1, 0.15) is 30.5 Å². The molecule has 8 heterocycles. The van der Waals surface area contributed by atoms with Crippen LogP contribution in [0.5, 0.6) is 0 Å². The second kappa shape index (κ2) is 27.2. The number of imidazole rings is 2. The minimum atomic E-state index is -1.46. The number of nitrogens with one attached hydrogen (secondary N) is 6. The lowest BCUT2D eigenvalue weighted by atomic mass is 9.91. The Morgan fingerprint density at radius 1 is 0.511 bits per heavy atom. The van der Waals surface area contributed by atoms with E-state index in [1.165, 1.54) is 22.0 Å². The fraction of sp³-hybridized carbons (Fsp3) is 0.471. The lowest BCUT2D eigenvalue weighted by molar-refractivity contribution is -0.197. The van der Waals surface area contributed by atoms with Crippen LogP contribution in [0.25, 0.3) is 22.3 Å². The molecule has 26 heteroatoms. The molecule has 4 saturated heterocycles. The Morgan fingerprint density at radius 2 is 0.947 bits per heavy atom. The van der Waals surface area contributed by atoms with Gasteiger partial charge in [-0.1, -0.05) is 121 Å². The van der Waals surface area contributed by atoms with E-state index >= 15 is 0 Å². The summed E-state index contributed by atoms with van der Waals surface area (Å²) in [6.45, 7) is 13.0. The number of nitrogens with zero attached hydrogens (tertiary/aromatic N) is 8. The fourth-order valence-corrected chi connectivity index (χ4v) is 13.8. The van der Waals surface area contributed by atoms with Crippen molar-refractivity contribution in [2.24, 2.45) is 0 Å². The number of aliphatic hydroxyl groups excluding tert-OH is 4. The molecule has 94 heavy (non-hydrogen) atoms. The number of carbonyl (C=O) groups excluding carboxylic acids is 2. The van der Waals surface area contributed by atoms with Crippen LogP contribution in [0.3, 0.4) is 0 Å². The van der Waals surface area contributed by atoms with Crippen LogP contribution in [0, 0.1) is 0 Å². The van der Waals surface area contributed by atoms with Crippen molar-refractivity contribution in [3.8, 4) is 0 Å². The van der Waals surface area contributed by atoms with Gasteiger partial charge in [0.25, 0.3) is 11.8 Å². The first-order chi connectivity index (χ1) is 45.4. The average molecular weight is 1290 g/mol. The summed E-state index contributed by atoms with van der Waals surface area (Å²) in [6, 6.07) is 40.5. The summed E-state index contributed by atoms with van der Waals surface area (Å²) >= 11 is 0. The number of aromatic nitrogens is 8. The summed E-state index contributed by atoms with van der Waals surface area (Å²) in [5, 5.41) is 61.4. The molecule has 0 radical (unpaired) electrons. The van der Waals surface area contributed by atoms with E-state index in [1.54, 1.807) is 13.3 Å². The predicted molar refractivity (Wildman–Crippen MR) is 347 cm³/mol. The molecule has 0 spiro atoms. The molecule has 2 aliphatic carbocycles. The van der Waals surface area contributed by atoms with Gasteiger partial charge >= 0.3 is 0 Å². The van der Waals surface area contributed by atoms with Crippen LogP contribution in [0.15, 0.2) is 134 Å². The minimum Gasteiger partial charge on any atom is -0.390 e. The summed E-state index contributed by atoms with van der Waals surface area (Å²) in [4.78, 5) is 54.4. The van der Waals surface area contributed by atoms with Crippen molar-refractivity contribution in [2.45, 2.75) is 176 Å². The van der Waals surface area contributed by atoms with E-state index in [9.17, 15) is 30.0 Å². The van der Waals surface area contributed by atoms with Gasteiger partial charge in [-0.3, -0.25) is 18.7 Å². The number of hydrogen-bond donors (Lipinski definition) is 10. The lowest BCUT2D eigenvalue weighted by Gasteiger charge is -2.25. The van der Waals surface area contributed by atoms with Crippen LogP contribution in [-0.4, -0.2) is 182 Å². The van der Waals surface area contributed by atoms with Gasteiger partial charge in [0, 0.05) is 38.0 Å². The minimum absolute atomic E-state index is 0.00440. The Morgan fingerprint density at radius 3 is 1.44 bits per heavy atom. The third-order valence-corrected chi connectivity index (χ3v) is 18.2. The number of ether oxygens (including phenoxy) is 6. The molecule has 2 amide bonds. The van der Waals surface area contributed by atoms with E-state index < -0.39 is 84.8 Å². The Balaban J connectivity index is 0.000000172. The molecule has 4 aromatic carbocycles. The maximum absolute atomic E-state index is 13.1. The van der Waals surface area contributed by atoms with Crippen molar-refractivity contribution in [2.75, 3.05) is 47.4 Å². The second-order valence-corrected chi connectivity index (χ2v) is 25.5. The molecule has 2 saturated carbocycles. The molecule has 0 bridgehead atoms. The monoisotopic (exact) mass is 1290 g/mol. The average Bonchev–Trinajstić information content (AvgIpc) is 1.59. The van der Waals surface area contributed by atoms with Gasteiger partial charge in [0.15, 0.2) is 70.2 Å². The van der Waals surface area contributed by atoms with E-state index in [1.807, 2.05) is 87.7 Å². The molecule has 4 unspecified atom stereocenters. The van der Waals surface area contributed by atoms with Crippen molar-refractivity contribution in [1.29, 1.82) is 0 Å². The normalized spacial score (nSPS) is 28.1. The zero-order valence-electron chi connectivity index (χ0n) is 53.2. The van der Waals surface area contributed by atoms with Crippen molar-refractivity contribution in [1.82, 2.24) is 49.7 Å². The number of rotatable bonds is 20. The molecule has 10 N–H and O–H groups in total. The highest BCUT2D eigenvalue weighted by atomic mass is 16.8. The first-order valence-corrected chi connectivity index (χ1v) is 32.4. The molecule has 26 nitrogen and oxygen atoms in total. The highest BCUT2D eigenvalue weighted by Crippen LogP contribution is 2.45. The van der Waals surface area contributed by atoms with Crippen LogP contribution < -0.4 is 31.9 Å². The number of anilines is 4. The van der Waals surface area contributed by atoms with Gasteiger partial charge in [-0.2, -0.15) is 19.9 Å². The number of benzene rings is 4. The summed E-state index contributed by atoms with van der Waals surface area (Å²) < 4.78 is 40.6. The van der Waals surface area contributed by atoms with Crippen LogP contribution in [0.4, 0.5) is 23.5 Å². The zero-order chi connectivity index (χ0) is 65.4. The van der Waals surface area contributed by atoms with Crippen molar-refractivity contribution < 1.29 is 58.4 Å². The number of likely N-dealkylation sites (N-methyl/N-ethyl adjacent to an activating group) is 2. The Hall–Kier alpha value is -8.28. The fourth-order valence-electron chi connectivity index (χ4n) is 13.8. The van der Waals surface area contributed by atoms with Crippen molar-refractivity contribution in [3.05, 3.63) is 156 Å². The summed E-state index contributed by atoms with van der Waals surface area (Å²) in [5.74, 6) is -0.741. The van der Waals surface area contributed by atoms with E-state index in [4.69, 9.17) is 48.4 Å². The molecule has 6 aliphatic rings. The number of aliphatic hydroxyl groups is 4. The number of amides is 2. The third-order valence-electron chi connectivity index (χ3n) is 18.2. The molecule has 4 aliphatic heterocycles. The molecule has 4 aromatic heterocycles. The largest absolute Gasteiger partial charge is 0.390 e. The first kappa shape index (κ1) is 64.4. The van der Waals surface area contributed by atoms with E-state index in [0.29, 0.717) is 73.3 Å². The van der Waals surface area contributed by atoms with Crippen LogP contribution >= 0.6 is 0 Å². The molecular formula is C68H82N14O12. The van der Waals surface area contributed by atoms with Crippen LogP contribution in [0.1, 0.15) is 114 Å². The molecule has 14 atom stereocenters. The van der Waals surface area contributed by atoms with Crippen LogP contribution in [0.2, 0.25) is 0 Å². The second-order valence-electron chi connectivity index (χ2n) is 25.5. The standard InChI is InChI=1S/C37H45N7O6.C31H37N7O6/c1-6-38-33(45)29-28-30(50-37(4,5)49-28)34(46-29)44-20-40-26-31(39-19-23(21-13-9-7-10-14-21)22-15-11-8-12-16-22)42-35(43-32(26)44)41-24-17-18-25-27(24)48-36(2,3)47-25;1-2-32-29(43)26-24(41)25(42)30(44-26)38-16-34-22-27(36-31(37-28(22)38)35-20-13-14-21(39)23(20)40)33-15-19(17-9-5-3-6-10-17)18-11-7-4-8-12-18/h7-16,20,23-25,27-30,34H,6,17-19H2,1-5H3,(H,38,45)(H2,39,41,42,43);3-12,16,19-21,23-26,30,39-42H,2,13-15H2,1H3,(H,32,43)(H2,33,35,36,37)/t24?,25-,27+,28+,29-,30+,34+;20?,21?,23?,24-,25+,26-,30+/m01/s1. The smallest absolute Gasteiger partial charge is 0.252 e.